The van der Waals surface area contributed by atoms with Gasteiger partial charge in [0.15, 0.2) is 0 Å². The molecule has 0 aliphatic heterocycles. The molecular weight excluding hydrogens is 214 g/mol. The average molecular weight is 233 g/mol. The first-order chi connectivity index (χ1) is 7.80. The molecule has 3 N–H and O–H groups in total. The molecule has 0 saturated carbocycles. The van der Waals surface area contributed by atoms with E-state index in [0.29, 0.717) is 0 Å². The number of aromatic nitrogens is 2. The highest BCUT2D eigenvalue weighted by molar-refractivity contribution is 5.77. The monoisotopic (exact) mass is 233 g/mol. The summed E-state index contributed by atoms with van der Waals surface area (Å²) in [4.78, 5) is 4.46. The van der Waals surface area contributed by atoms with Crippen molar-refractivity contribution in [1.82, 2.24) is 9.55 Å². The Labute approximate surface area is 101 Å². The Hall–Kier alpha value is -1.39. The van der Waals surface area contributed by atoms with Gasteiger partial charge in [-0.2, -0.15) is 0 Å². The summed E-state index contributed by atoms with van der Waals surface area (Å²) in [6.07, 6.45) is 0. The van der Waals surface area contributed by atoms with Crippen molar-refractivity contribution in [3.05, 3.63) is 29.6 Å². The number of hydrogen-bond acceptors (Lipinski definition) is 3. The second-order valence-electron chi connectivity index (χ2n) is 5.10. The van der Waals surface area contributed by atoms with Crippen molar-refractivity contribution < 1.29 is 5.11 Å². The van der Waals surface area contributed by atoms with Gasteiger partial charge in [-0.25, -0.2) is 4.98 Å². The summed E-state index contributed by atoms with van der Waals surface area (Å²) in [6, 6.07) is 5.49. The fourth-order valence-corrected chi connectivity index (χ4v) is 1.94. The maximum absolute atomic E-state index is 9.92. The lowest BCUT2D eigenvalue weighted by Gasteiger charge is -2.25. The molecule has 0 radical (unpaired) electrons. The molecule has 0 bridgehead atoms. The van der Waals surface area contributed by atoms with Crippen molar-refractivity contribution in [3.8, 4) is 0 Å². The quantitative estimate of drug-likeness (QED) is 0.829. The van der Waals surface area contributed by atoms with Crippen LogP contribution >= 0.6 is 0 Å². The van der Waals surface area contributed by atoms with Crippen LogP contribution in [0.3, 0.4) is 0 Å². The summed E-state index contributed by atoms with van der Waals surface area (Å²) in [5.41, 5.74) is 7.99. The molecule has 4 heteroatoms. The van der Waals surface area contributed by atoms with Gasteiger partial charge in [0.2, 0.25) is 0 Å². The van der Waals surface area contributed by atoms with Gasteiger partial charge >= 0.3 is 0 Å². The molecule has 2 rings (SSSR count). The first-order valence-electron chi connectivity index (χ1n) is 5.71. The first kappa shape index (κ1) is 12.1. The van der Waals surface area contributed by atoms with Crippen molar-refractivity contribution in [2.75, 3.05) is 0 Å². The molecule has 0 fully saturated rings. The number of nitrogens with two attached hydrogens (primary N) is 1. The number of nitrogens with zero attached hydrogens (tertiary/aromatic N) is 2. The van der Waals surface area contributed by atoms with Crippen LogP contribution < -0.4 is 5.73 Å². The molecule has 1 atom stereocenters. The van der Waals surface area contributed by atoms with Crippen LogP contribution in [0, 0.1) is 6.92 Å². The van der Waals surface area contributed by atoms with E-state index in [1.54, 1.807) is 13.8 Å². The van der Waals surface area contributed by atoms with Gasteiger partial charge < -0.3 is 15.4 Å². The largest absolute Gasteiger partial charge is 0.388 e. The van der Waals surface area contributed by atoms with Gasteiger partial charge in [-0.3, -0.25) is 0 Å². The average Bonchev–Trinajstić information content (AvgIpc) is 2.52. The number of aliphatic hydroxyl groups is 1. The molecule has 17 heavy (non-hydrogen) atoms. The minimum Gasteiger partial charge on any atom is -0.388 e. The van der Waals surface area contributed by atoms with Crippen LogP contribution in [0.2, 0.25) is 0 Å². The van der Waals surface area contributed by atoms with E-state index >= 15 is 0 Å². The van der Waals surface area contributed by atoms with Crippen molar-refractivity contribution in [2.45, 2.75) is 32.4 Å². The minimum atomic E-state index is -0.933. The zero-order valence-electron chi connectivity index (χ0n) is 10.7. The van der Waals surface area contributed by atoms with Crippen molar-refractivity contribution in [2.24, 2.45) is 12.8 Å². The Morgan fingerprint density at radius 3 is 2.65 bits per heavy atom. The highest BCUT2D eigenvalue weighted by Gasteiger charge is 2.24. The first-order valence-corrected chi connectivity index (χ1v) is 5.71. The van der Waals surface area contributed by atoms with E-state index < -0.39 is 11.6 Å². The summed E-state index contributed by atoms with van der Waals surface area (Å²) in [6.45, 7) is 5.40. The van der Waals surface area contributed by atoms with E-state index in [2.05, 4.69) is 4.98 Å². The molecule has 1 aromatic carbocycles. The van der Waals surface area contributed by atoms with Gasteiger partial charge in [-0.05, 0) is 38.5 Å². The van der Waals surface area contributed by atoms with Crippen LogP contribution in [-0.2, 0) is 7.05 Å². The van der Waals surface area contributed by atoms with Crippen LogP contribution in [0.4, 0.5) is 0 Å². The molecule has 0 amide bonds. The number of fused-ring (bicyclic) bond motifs is 1. The second-order valence-corrected chi connectivity index (χ2v) is 5.10. The number of aryl methyl sites for hydroxylation is 2. The molecule has 1 heterocycles. The van der Waals surface area contributed by atoms with E-state index in [0.717, 1.165) is 22.4 Å². The lowest BCUT2D eigenvalue weighted by molar-refractivity contribution is 0.0518. The molecule has 0 aliphatic rings. The Kier molecular flexibility index (Phi) is 2.72. The summed E-state index contributed by atoms with van der Waals surface area (Å²) in [7, 11) is 1.99. The maximum atomic E-state index is 9.92. The van der Waals surface area contributed by atoms with E-state index in [-0.39, 0.29) is 0 Å². The van der Waals surface area contributed by atoms with Gasteiger partial charge in [-0.1, -0.05) is 6.07 Å². The van der Waals surface area contributed by atoms with Gasteiger partial charge in [-0.15, -0.1) is 0 Å². The molecule has 92 valence electrons. The molecule has 4 nitrogen and oxygen atoms in total. The number of benzene rings is 1. The lowest BCUT2D eigenvalue weighted by Crippen LogP contribution is -2.35. The zero-order chi connectivity index (χ0) is 12.8. The second kappa shape index (κ2) is 3.82. The Balaban J connectivity index is 2.52. The van der Waals surface area contributed by atoms with Crippen molar-refractivity contribution in [1.29, 1.82) is 0 Å². The van der Waals surface area contributed by atoms with Crippen LogP contribution in [-0.4, -0.2) is 20.3 Å². The fourth-order valence-electron chi connectivity index (χ4n) is 1.94. The standard InChI is InChI=1S/C13H19N3O/c1-8-15-10-7-9(12(14)13(2,3)17)5-6-11(10)16(8)4/h5-7,12,17H,14H2,1-4H3. The predicted molar refractivity (Wildman–Crippen MR) is 68.7 cm³/mol. The van der Waals surface area contributed by atoms with E-state index in [1.165, 1.54) is 0 Å². The van der Waals surface area contributed by atoms with Gasteiger partial charge in [0.1, 0.15) is 5.82 Å². The molecular formula is C13H19N3O. The van der Waals surface area contributed by atoms with Crippen LogP contribution in [0.5, 0.6) is 0 Å². The van der Waals surface area contributed by atoms with E-state index in [1.807, 2.05) is 36.7 Å². The molecule has 0 saturated heterocycles. The Morgan fingerprint density at radius 1 is 1.41 bits per heavy atom. The SMILES string of the molecule is Cc1nc2cc(C(N)C(C)(C)O)ccc2n1C. The van der Waals surface area contributed by atoms with Crippen molar-refractivity contribution in [3.63, 3.8) is 0 Å². The minimum absolute atomic E-state index is 0.408. The van der Waals surface area contributed by atoms with E-state index in [9.17, 15) is 5.11 Å². The van der Waals surface area contributed by atoms with Gasteiger partial charge in [0.25, 0.3) is 0 Å². The fraction of sp³-hybridized carbons (Fsp3) is 0.462. The third kappa shape index (κ3) is 2.06. The van der Waals surface area contributed by atoms with Gasteiger partial charge in [0.05, 0.1) is 22.7 Å². The number of imidazole rings is 1. The van der Waals surface area contributed by atoms with E-state index in [4.69, 9.17) is 5.73 Å². The van der Waals surface area contributed by atoms with Crippen LogP contribution in [0.1, 0.15) is 31.3 Å². The molecule has 0 spiro atoms. The third-order valence-corrected chi connectivity index (χ3v) is 3.25. The summed E-state index contributed by atoms with van der Waals surface area (Å²) in [5.74, 6) is 0.967. The maximum Gasteiger partial charge on any atom is 0.106 e. The lowest BCUT2D eigenvalue weighted by atomic mass is 9.92. The Morgan fingerprint density at radius 2 is 2.06 bits per heavy atom. The molecule has 0 aliphatic carbocycles. The summed E-state index contributed by atoms with van der Waals surface area (Å²) in [5, 5.41) is 9.92. The van der Waals surface area contributed by atoms with Crippen molar-refractivity contribution >= 4 is 11.0 Å². The molecule has 2 aromatic rings. The van der Waals surface area contributed by atoms with Crippen LogP contribution in [0.25, 0.3) is 11.0 Å². The number of hydrogen-bond donors (Lipinski definition) is 2. The summed E-state index contributed by atoms with van der Waals surface area (Å²) >= 11 is 0. The number of rotatable bonds is 2. The van der Waals surface area contributed by atoms with Crippen LogP contribution in [0.15, 0.2) is 18.2 Å². The molecule has 1 unspecified atom stereocenters. The molecule has 1 aromatic heterocycles. The third-order valence-electron chi connectivity index (χ3n) is 3.25. The highest BCUT2D eigenvalue weighted by Crippen LogP contribution is 2.25. The smallest absolute Gasteiger partial charge is 0.106 e. The van der Waals surface area contributed by atoms with Gasteiger partial charge in [0, 0.05) is 7.05 Å². The Bertz CT molecular complexity index is 552. The normalized spacial score (nSPS) is 14.2. The summed E-state index contributed by atoms with van der Waals surface area (Å²) < 4.78 is 2.04. The predicted octanol–water partition coefficient (Wildman–Crippen LogP) is 1.65. The highest BCUT2D eigenvalue weighted by atomic mass is 16.3. The topological polar surface area (TPSA) is 64.1 Å². The zero-order valence-corrected chi connectivity index (χ0v) is 10.7.